The minimum atomic E-state index is -3.90. The Balaban J connectivity index is 1.73. The van der Waals surface area contributed by atoms with Gasteiger partial charge < -0.3 is 0 Å². The van der Waals surface area contributed by atoms with Gasteiger partial charge in [0.2, 0.25) is 0 Å². The summed E-state index contributed by atoms with van der Waals surface area (Å²) in [4.78, 5) is 24.6. The van der Waals surface area contributed by atoms with Crippen molar-refractivity contribution >= 4 is 27.5 Å². The second-order valence-electron chi connectivity index (χ2n) is 7.17. The summed E-state index contributed by atoms with van der Waals surface area (Å²) in [5.41, 5.74) is 8.21. The number of benzene rings is 3. The van der Waals surface area contributed by atoms with Crippen LogP contribution in [0.1, 0.15) is 37.4 Å². The normalized spacial score (nSPS) is 10.9. The molecule has 0 aliphatic heterocycles. The fraction of sp³-hybridized carbons (Fsp3) is 0.130. The Morgan fingerprint density at radius 1 is 0.742 bits per heavy atom. The van der Waals surface area contributed by atoms with Crippen molar-refractivity contribution in [2.45, 2.75) is 25.7 Å². The van der Waals surface area contributed by atoms with Gasteiger partial charge in [-0.15, -0.1) is 0 Å². The van der Waals surface area contributed by atoms with E-state index in [1.165, 1.54) is 24.3 Å². The summed E-state index contributed by atoms with van der Waals surface area (Å²) in [6.45, 7) is 5.52. The Hall–Kier alpha value is -3.65. The zero-order chi connectivity index (χ0) is 22.6. The molecule has 0 spiro atoms. The molecule has 8 heteroatoms. The molecule has 2 amide bonds. The van der Waals surface area contributed by atoms with E-state index in [1.54, 1.807) is 31.2 Å². The van der Waals surface area contributed by atoms with Crippen LogP contribution in [0.25, 0.3) is 0 Å². The van der Waals surface area contributed by atoms with Crippen molar-refractivity contribution in [3.05, 3.63) is 94.5 Å². The summed E-state index contributed by atoms with van der Waals surface area (Å²) in [5, 5.41) is 0. The quantitative estimate of drug-likeness (QED) is 0.532. The fourth-order valence-corrected chi connectivity index (χ4v) is 4.19. The average Bonchev–Trinajstić information content (AvgIpc) is 2.74. The van der Waals surface area contributed by atoms with Gasteiger partial charge in [0.05, 0.1) is 10.6 Å². The second-order valence-corrected chi connectivity index (χ2v) is 8.86. The van der Waals surface area contributed by atoms with E-state index in [4.69, 9.17) is 0 Å². The lowest BCUT2D eigenvalue weighted by Gasteiger charge is -2.12. The van der Waals surface area contributed by atoms with Crippen molar-refractivity contribution in [3.63, 3.8) is 0 Å². The summed E-state index contributed by atoms with van der Waals surface area (Å²) in [5.74, 6) is -1.10. The van der Waals surface area contributed by atoms with Gasteiger partial charge in [0.1, 0.15) is 0 Å². The number of hydrazine groups is 1. The Kier molecular flexibility index (Phi) is 6.41. The van der Waals surface area contributed by atoms with Gasteiger partial charge in [-0.2, -0.15) is 0 Å². The topological polar surface area (TPSA) is 104 Å². The van der Waals surface area contributed by atoms with E-state index in [0.717, 1.165) is 16.7 Å². The van der Waals surface area contributed by atoms with Crippen molar-refractivity contribution in [1.82, 2.24) is 10.9 Å². The Bertz CT molecular complexity index is 1250. The standard InChI is InChI=1S/C23H23N3O4S/c1-15-11-12-21(17(3)13-15)26-31(29,30)19-9-6-8-18(14-19)22(27)24-25-23(28)20-10-5-4-7-16(20)2/h4-14,26H,1-3H3,(H,24,27)(H,25,28). The Morgan fingerprint density at radius 3 is 2.16 bits per heavy atom. The largest absolute Gasteiger partial charge is 0.279 e. The molecule has 3 aromatic carbocycles. The van der Waals surface area contributed by atoms with Gasteiger partial charge in [-0.1, -0.05) is 42.0 Å². The number of sulfonamides is 1. The summed E-state index contributed by atoms with van der Waals surface area (Å²) >= 11 is 0. The third-order valence-corrected chi connectivity index (χ3v) is 6.08. The fourth-order valence-electron chi connectivity index (χ4n) is 3.02. The maximum Gasteiger partial charge on any atom is 0.269 e. The predicted molar refractivity (Wildman–Crippen MR) is 119 cm³/mol. The molecule has 0 fully saturated rings. The number of nitrogens with one attached hydrogen (secondary N) is 3. The molecule has 0 bridgehead atoms. The SMILES string of the molecule is Cc1ccc(NS(=O)(=O)c2cccc(C(=O)NNC(=O)c3ccccc3C)c2)c(C)c1. The number of aryl methyl sites for hydroxylation is 3. The minimum absolute atomic E-state index is 0.0645. The summed E-state index contributed by atoms with van der Waals surface area (Å²) in [6, 6.07) is 17.9. The van der Waals surface area contributed by atoms with Crippen LogP contribution in [0, 0.1) is 20.8 Å². The molecule has 0 heterocycles. The van der Waals surface area contributed by atoms with E-state index in [9.17, 15) is 18.0 Å². The molecule has 0 saturated carbocycles. The molecule has 7 nitrogen and oxygen atoms in total. The van der Waals surface area contributed by atoms with Gasteiger partial charge in [-0.3, -0.25) is 25.2 Å². The molecule has 160 valence electrons. The van der Waals surface area contributed by atoms with Crippen LogP contribution >= 0.6 is 0 Å². The highest BCUT2D eigenvalue weighted by Gasteiger charge is 2.18. The first-order valence-electron chi connectivity index (χ1n) is 9.54. The van der Waals surface area contributed by atoms with Gasteiger partial charge in [0, 0.05) is 11.1 Å². The number of carbonyl (C=O) groups is 2. The first-order chi connectivity index (χ1) is 14.7. The average molecular weight is 438 g/mol. The van der Waals surface area contributed by atoms with E-state index < -0.39 is 21.8 Å². The zero-order valence-corrected chi connectivity index (χ0v) is 18.2. The van der Waals surface area contributed by atoms with Crippen molar-refractivity contribution in [3.8, 4) is 0 Å². The molecule has 0 radical (unpaired) electrons. The molecular weight excluding hydrogens is 414 g/mol. The van der Waals surface area contributed by atoms with Gasteiger partial charge in [0.15, 0.2) is 0 Å². The number of amides is 2. The molecule has 3 N–H and O–H groups in total. The van der Waals surface area contributed by atoms with E-state index >= 15 is 0 Å². The highest BCUT2D eigenvalue weighted by Crippen LogP contribution is 2.21. The third-order valence-electron chi connectivity index (χ3n) is 4.71. The lowest BCUT2D eigenvalue weighted by Crippen LogP contribution is -2.41. The highest BCUT2D eigenvalue weighted by molar-refractivity contribution is 7.92. The highest BCUT2D eigenvalue weighted by atomic mass is 32.2. The van der Waals surface area contributed by atoms with Crippen LogP contribution in [-0.2, 0) is 10.0 Å². The van der Waals surface area contributed by atoms with Crippen LogP contribution in [0.15, 0.2) is 71.6 Å². The molecule has 0 saturated heterocycles. The van der Waals surface area contributed by atoms with Crippen molar-refractivity contribution in [1.29, 1.82) is 0 Å². The number of carbonyl (C=O) groups excluding carboxylic acids is 2. The molecule has 0 aliphatic carbocycles. The molecule has 31 heavy (non-hydrogen) atoms. The van der Waals surface area contributed by atoms with E-state index in [-0.39, 0.29) is 10.5 Å². The first kappa shape index (κ1) is 22.0. The maximum atomic E-state index is 12.8. The lowest BCUT2D eigenvalue weighted by atomic mass is 10.1. The smallest absolute Gasteiger partial charge is 0.269 e. The van der Waals surface area contributed by atoms with Gasteiger partial charge >= 0.3 is 0 Å². The van der Waals surface area contributed by atoms with E-state index in [2.05, 4.69) is 15.6 Å². The van der Waals surface area contributed by atoms with E-state index in [0.29, 0.717) is 11.3 Å². The van der Waals surface area contributed by atoms with Gasteiger partial charge in [0.25, 0.3) is 21.8 Å². The Labute approximate surface area is 181 Å². The van der Waals surface area contributed by atoms with Crippen LogP contribution < -0.4 is 15.6 Å². The van der Waals surface area contributed by atoms with Crippen LogP contribution in [0.3, 0.4) is 0 Å². The van der Waals surface area contributed by atoms with Crippen LogP contribution in [0.2, 0.25) is 0 Å². The van der Waals surface area contributed by atoms with Crippen LogP contribution in [0.4, 0.5) is 5.69 Å². The number of hydrogen-bond acceptors (Lipinski definition) is 4. The first-order valence-corrected chi connectivity index (χ1v) is 11.0. The molecule has 3 rings (SSSR count). The summed E-state index contributed by atoms with van der Waals surface area (Å²) in [6.07, 6.45) is 0. The van der Waals surface area contributed by atoms with E-state index in [1.807, 2.05) is 32.0 Å². The molecule has 0 atom stereocenters. The molecule has 3 aromatic rings. The predicted octanol–water partition coefficient (Wildman–Crippen LogP) is 3.49. The number of hydrogen-bond donors (Lipinski definition) is 3. The van der Waals surface area contributed by atoms with Crippen LogP contribution in [0.5, 0.6) is 0 Å². The monoisotopic (exact) mass is 437 g/mol. The number of rotatable bonds is 5. The molecule has 0 aromatic heterocycles. The number of anilines is 1. The van der Waals surface area contributed by atoms with Gasteiger partial charge in [-0.05, 0) is 62.2 Å². The summed E-state index contributed by atoms with van der Waals surface area (Å²) in [7, 11) is -3.90. The van der Waals surface area contributed by atoms with Crippen LogP contribution in [-0.4, -0.2) is 20.2 Å². The second kappa shape index (κ2) is 9.01. The zero-order valence-electron chi connectivity index (χ0n) is 17.4. The molecular formula is C23H23N3O4S. The Morgan fingerprint density at radius 2 is 1.45 bits per heavy atom. The maximum absolute atomic E-state index is 12.8. The third kappa shape index (κ3) is 5.29. The van der Waals surface area contributed by atoms with Gasteiger partial charge in [-0.25, -0.2) is 8.42 Å². The molecule has 0 unspecified atom stereocenters. The molecule has 0 aliphatic rings. The van der Waals surface area contributed by atoms with Crippen molar-refractivity contribution in [2.24, 2.45) is 0 Å². The van der Waals surface area contributed by atoms with Crippen molar-refractivity contribution < 1.29 is 18.0 Å². The summed E-state index contributed by atoms with van der Waals surface area (Å²) < 4.78 is 28.1. The minimum Gasteiger partial charge on any atom is -0.279 e. The lowest BCUT2D eigenvalue weighted by molar-refractivity contribution is 0.0846. The van der Waals surface area contributed by atoms with Crippen molar-refractivity contribution in [2.75, 3.05) is 4.72 Å².